The molecule has 0 radical (unpaired) electrons. The molecule has 2 aromatic carbocycles. The molecule has 8 heteroatoms. The lowest BCUT2D eigenvalue weighted by Crippen LogP contribution is -2.44. The summed E-state index contributed by atoms with van der Waals surface area (Å²) >= 11 is 0. The van der Waals surface area contributed by atoms with Gasteiger partial charge in [0, 0.05) is 11.8 Å². The Morgan fingerprint density at radius 3 is 2.19 bits per heavy atom. The maximum Gasteiger partial charge on any atom is 0.276 e. The molecule has 7 nitrogen and oxygen atoms in total. The molecule has 0 heterocycles. The number of nitrogens with one attached hydrogen (secondary N) is 2. The van der Waals surface area contributed by atoms with E-state index in [1.807, 2.05) is 32.0 Å². The second-order valence-electron chi connectivity index (χ2n) is 6.26. The van der Waals surface area contributed by atoms with Crippen LogP contribution in [0.15, 0.2) is 41.3 Å². The molecule has 144 valence electrons. The molecule has 0 saturated carbocycles. The summed E-state index contributed by atoms with van der Waals surface area (Å²) in [5, 5.41) is 0. The van der Waals surface area contributed by atoms with Crippen molar-refractivity contribution in [1.82, 2.24) is 10.9 Å². The molecule has 0 aliphatic carbocycles. The molecular formula is C19H22N2O5S. The van der Waals surface area contributed by atoms with Gasteiger partial charge in [-0.05, 0) is 49.6 Å². The molecule has 0 fully saturated rings. The lowest BCUT2D eigenvalue weighted by atomic mass is 10.1. The molecule has 0 saturated heterocycles. The minimum atomic E-state index is -3.44. The summed E-state index contributed by atoms with van der Waals surface area (Å²) in [4.78, 5) is 24.2. The maximum absolute atomic E-state index is 12.3. The van der Waals surface area contributed by atoms with E-state index < -0.39 is 21.7 Å². The summed E-state index contributed by atoms with van der Waals surface area (Å²) < 4.78 is 28.8. The molecule has 0 aromatic heterocycles. The van der Waals surface area contributed by atoms with Crippen LogP contribution in [0.1, 0.15) is 27.0 Å². The Hall–Kier alpha value is -2.87. The third kappa shape index (κ3) is 5.30. The zero-order valence-electron chi connectivity index (χ0n) is 15.6. The van der Waals surface area contributed by atoms with Crippen LogP contribution < -0.4 is 15.6 Å². The highest BCUT2D eigenvalue weighted by Crippen LogP contribution is 2.22. The van der Waals surface area contributed by atoms with Gasteiger partial charge < -0.3 is 4.74 Å². The van der Waals surface area contributed by atoms with Crippen molar-refractivity contribution < 1.29 is 22.7 Å². The minimum absolute atomic E-state index is 0.0305. The largest absolute Gasteiger partial charge is 0.483 e. The molecule has 0 aliphatic heterocycles. The molecule has 0 spiro atoms. The standard InChI is InChI=1S/C19H22N2O5S/c1-12-8-9-15(27(4,24)25)10-16(12)19(23)21-20-17(22)11-26-18-13(2)6-5-7-14(18)3/h5-10H,11H2,1-4H3,(H,20,22)(H,21,23). The number of benzene rings is 2. The summed E-state index contributed by atoms with van der Waals surface area (Å²) in [6.45, 7) is 5.15. The smallest absolute Gasteiger partial charge is 0.276 e. The first-order valence-electron chi connectivity index (χ1n) is 8.18. The van der Waals surface area contributed by atoms with E-state index in [0.717, 1.165) is 17.4 Å². The van der Waals surface area contributed by atoms with Gasteiger partial charge in [0.15, 0.2) is 16.4 Å². The van der Waals surface area contributed by atoms with Gasteiger partial charge in [-0.1, -0.05) is 24.3 Å². The Balaban J connectivity index is 1.98. The number of sulfone groups is 1. The number of carbonyl (C=O) groups is 2. The van der Waals surface area contributed by atoms with E-state index >= 15 is 0 Å². The Labute approximate surface area is 158 Å². The van der Waals surface area contributed by atoms with Crippen molar-refractivity contribution in [3.8, 4) is 5.75 Å². The number of para-hydroxylation sites is 1. The van der Waals surface area contributed by atoms with Crippen molar-refractivity contribution in [1.29, 1.82) is 0 Å². The molecule has 2 amide bonds. The molecule has 2 aromatic rings. The molecular weight excluding hydrogens is 368 g/mol. The number of hydrogen-bond donors (Lipinski definition) is 2. The first-order chi connectivity index (χ1) is 12.6. The van der Waals surface area contributed by atoms with Gasteiger partial charge in [-0.2, -0.15) is 0 Å². The fraction of sp³-hybridized carbons (Fsp3) is 0.263. The van der Waals surface area contributed by atoms with E-state index in [-0.39, 0.29) is 17.1 Å². The summed E-state index contributed by atoms with van der Waals surface area (Å²) in [5.74, 6) is -0.531. The van der Waals surface area contributed by atoms with Gasteiger partial charge >= 0.3 is 0 Å². The fourth-order valence-electron chi connectivity index (χ4n) is 2.47. The van der Waals surface area contributed by atoms with Crippen LogP contribution in [0.4, 0.5) is 0 Å². The molecule has 27 heavy (non-hydrogen) atoms. The number of aryl methyl sites for hydroxylation is 3. The monoisotopic (exact) mass is 390 g/mol. The van der Waals surface area contributed by atoms with Crippen molar-refractivity contribution in [2.24, 2.45) is 0 Å². The topological polar surface area (TPSA) is 102 Å². The SMILES string of the molecule is Cc1ccc(S(C)(=O)=O)cc1C(=O)NNC(=O)COc1c(C)cccc1C. The van der Waals surface area contributed by atoms with Crippen LogP contribution in [0.25, 0.3) is 0 Å². The summed E-state index contributed by atoms with van der Waals surface area (Å²) in [7, 11) is -3.44. The van der Waals surface area contributed by atoms with E-state index in [0.29, 0.717) is 11.3 Å². The highest BCUT2D eigenvalue weighted by molar-refractivity contribution is 7.90. The highest BCUT2D eigenvalue weighted by Gasteiger charge is 2.15. The van der Waals surface area contributed by atoms with Crippen molar-refractivity contribution in [2.45, 2.75) is 25.7 Å². The molecule has 0 aliphatic rings. The average Bonchev–Trinajstić information content (AvgIpc) is 2.58. The summed E-state index contributed by atoms with van der Waals surface area (Å²) in [6.07, 6.45) is 1.06. The Kier molecular flexibility index (Phi) is 6.22. The van der Waals surface area contributed by atoms with E-state index in [2.05, 4.69) is 10.9 Å². The highest BCUT2D eigenvalue weighted by atomic mass is 32.2. The van der Waals surface area contributed by atoms with Gasteiger partial charge in [-0.25, -0.2) is 8.42 Å². The number of ether oxygens (including phenoxy) is 1. The lowest BCUT2D eigenvalue weighted by molar-refractivity contribution is -0.123. The number of hydrogen-bond acceptors (Lipinski definition) is 5. The first-order valence-corrected chi connectivity index (χ1v) is 10.1. The van der Waals surface area contributed by atoms with E-state index in [4.69, 9.17) is 4.74 Å². The van der Waals surface area contributed by atoms with Gasteiger partial charge in [0.1, 0.15) is 5.75 Å². The van der Waals surface area contributed by atoms with E-state index in [1.165, 1.54) is 18.2 Å². The van der Waals surface area contributed by atoms with Crippen LogP contribution in [0, 0.1) is 20.8 Å². The number of carbonyl (C=O) groups excluding carboxylic acids is 2. The van der Waals surface area contributed by atoms with Gasteiger partial charge in [0.05, 0.1) is 4.90 Å². The van der Waals surface area contributed by atoms with Crippen LogP contribution in [-0.2, 0) is 14.6 Å². The number of amides is 2. The molecule has 0 bridgehead atoms. The Morgan fingerprint density at radius 1 is 0.963 bits per heavy atom. The third-order valence-electron chi connectivity index (χ3n) is 3.95. The molecule has 0 unspecified atom stereocenters. The van der Waals surface area contributed by atoms with Gasteiger partial charge in [-0.15, -0.1) is 0 Å². The van der Waals surface area contributed by atoms with Crippen LogP contribution in [0.5, 0.6) is 5.75 Å². The zero-order valence-corrected chi connectivity index (χ0v) is 16.4. The molecule has 2 N–H and O–H groups in total. The second-order valence-corrected chi connectivity index (χ2v) is 8.28. The van der Waals surface area contributed by atoms with Crippen LogP contribution >= 0.6 is 0 Å². The average molecular weight is 390 g/mol. The summed E-state index contributed by atoms with van der Waals surface area (Å²) in [5.41, 5.74) is 7.08. The number of hydrazine groups is 1. The van der Waals surface area contributed by atoms with Crippen molar-refractivity contribution in [2.75, 3.05) is 12.9 Å². The van der Waals surface area contributed by atoms with Crippen molar-refractivity contribution >= 4 is 21.7 Å². The number of rotatable bonds is 5. The molecule has 0 atom stereocenters. The normalized spacial score (nSPS) is 11.0. The maximum atomic E-state index is 12.3. The van der Waals surface area contributed by atoms with Crippen LogP contribution in [0.3, 0.4) is 0 Å². The van der Waals surface area contributed by atoms with Crippen LogP contribution in [0.2, 0.25) is 0 Å². The van der Waals surface area contributed by atoms with Gasteiger partial charge in [0.2, 0.25) is 0 Å². The predicted octanol–water partition coefficient (Wildman–Crippen LogP) is 1.86. The molecule has 2 rings (SSSR count). The first kappa shape index (κ1) is 20.4. The third-order valence-corrected chi connectivity index (χ3v) is 5.06. The quantitative estimate of drug-likeness (QED) is 0.759. The predicted molar refractivity (Wildman–Crippen MR) is 101 cm³/mol. The second kappa shape index (κ2) is 8.22. The zero-order chi connectivity index (χ0) is 20.2. The van der Waals surface area contributed by atoms with Crippen molar-refractivity contribution in [3.05, 3.63) is 58.7 Å². The van der Waals surface area contributed by atoms with Crippen LogP contribution in [-0.4, -0.2) is 33.1 Å². The summed E-state index contributed by atoms with van der Waals surface area (Å²) in [6, 6.07) is 9.89. The fourth-order valence-corrected chi connectivity index (χ4v) is 3.12. The Morgan fingerprint density at radius 2 is 1.59 bits per heavy atom. The van der Waals surface area contributed by atoms with Crippen molar-refractivity contribution in [3.63, 3.8) is 0 Å². The van der Waals surface area contributed by atoms with E-state index in [9.17, 15) is 18.0 Å². The van der Waals surface area contributed by atoms with Gasteiger partial charge in [-0.3, -0.25) is 20.4 Å². The van der Waals surface area contributed by atoms with E-state index in [1.54, 1.807) is 6.92 Å². The Bertz CT molecular complexity index is 963. The minimum Gasteiger partial charge on any atom is -0.483 e. The lowest BCUT2D eigenvalue weighted by Gasteiger charge is -2.13. The van der Waals surface area contributed by atoms with Gasteiger partial charge in [0.25, 0.3) is 11.8 Å².